The Balaban J connectivity index is 1.80. The Bertz CT molecular complexity index is 1630. The minimum absolute atomic E-state index is 0.000723. The van der Waals surface area contributed by atoms with Crippen LogP contribution in [-0.2, 0) is 27.7 Å². The molecule has 3 aromatic rings. The number of ether oxygens (including phenoxy) is 1. The Labute approximate surface area is 258 Å². The summed E-state index contributed by atoms with van der Waals surface area (Å²) in [4.78, 5) is 19.7. The molecule has 0 saturated heterocycles. The van der Waals surface area contributed by atoms with Crippen molar-refractivity contribution in [2.75, 3.05) is 0 Å². The predicted molar refractivity (Wildman–Crippen MR) is 149 cm³/mol. The Kier molecular flexibility index (Phi) is 9.90. The molecule has 0 radical (unpaired) electrons. The molecule has 0 aliphatic heterocycles. The van der Waals surface area contributed by atoms with Crippen LogP contribution >= 0.6 is 11.3 Å². The standard InChI is InChI=1S/C27H30F6N4O6S2/c1-14(26(28,29)30)37-45(40,41)16-9-10-17(19(12-16)42-27(31,32)33)21-18(11-15-7-5-4-6-8-15)34-23(44-21)22-35-20(43-36-22)13-25(2,3)24(38)39/h9-10,12,14-15,37H,4-8,11,13H2,1-3H3,(H,38,39)/t14-/m0/s1. The van der Waals surface area contributed by atoms with E-state index in [1.807, 2.05) is 0 Å². The zero-order chi connectivity index (χ0) is 33.4. The van der Waals surface area contributed by atoms with Crippen LogP contribution in [-0.4, -0.2) is 53.2 Å². The van der Waals surface area contributed by atoms with Crippen molar-refractivity contribution in [1.29, 1.82) is 0 Å². The van der Waals surface area contributed by atoms with E-state index in [1.165, 1.54) is 18.6 Å². The van der Waals surface area contributed by atoms with E-state index in [2.05, 4.69) is 19.9 Å². The van der Waals surface area contributed by atoms with Crippen molar-refractivity contribution in [1.82, 2.24) is 19.8 Å². The molecule has 4 rings (SSSR count). The molecular weight excluding hydrogens is 654 g/mol. The number of halogens is 6. The van der Waals surface area contributed by atoms with E-state index in [9.17, 15) is 44.7 Å². The van der Waals surface area contributed by atoms with Crippen LogP contribution in [0.15, 0.2) is 27.6 Å². The third-order valence-electron chi connectivity index (χ3n) is 7.29. The van der Waals surface area contributed by atoms with E-state index >= 15 is 0 Å². The fourth-order valence-electron chi connectivity index (χ4n) is 4.76. The van der Waals surface area contributed by atoms with Gasteiger partial charge in [-0.2, -0.15) is 22.9 Å². The maximum Gasteiger partial charge on any atom is 0.573 e. The van der Waals surface area contributed by atoms with Crippen molar-refractivity contribution >= 4 is 27.3 Å². The SMILES string of the molecule is C[C@H](NS(=O)(=O)c1ccc(-c2sc(-c3noc(CC(C)(C)C(=O)O)n3)nc2CC2CCCCC2)c(OC(F)(F)F)c1)C(F)(F)F. The molecule has 0 spiro atoms. The van der Waals surface area contributed by atoms with Crippen LogP contribution in [0.5, 0.6) is 5.75 Å². The maximum absolute atomic E-state index is 13.5. The van der Waals surface area contributed by atoms with Crippen LogP contribution in [0.25, 0.3) is 21.3 Å². The lowest BCUT2D eigenvalue weighted by molar-refractivity contribution is -0.274. The summed E-state index contributed by atoms with van der Waals surface area (Å²) in [6.07, 6.45) is -5.29. The third kappa shape index (κ3) is 8.72. The van der Waals surface area contributed by atoms with Crippen molar-refractivity contribution in [2.24, 2.45) is 11.3 Å². The Morgan fingerprint density at radius 1 is 1.13 bits per heavy atom. The van der Waals surface area contributed by atoms with Crippen LogP contribution < -0.4 is 9.46 Å². The summed E-state index contributed by atoms with van der Waals surface area (Å²) >= 11 is 0.886. The first-order valence-electron chi connectivity index (χ1n) is 13.8. The smallest absolute Gasteiger partial charge is 0.481 e. The lowest BCUT2D eigenvalue weighted by Crippen LogP contribution is -2.42. The van der Waals surface area contributed by atoms with Crippen molar-refractivity contribution < 1.29 is 53.9 Å². The fraction of sp³-hybridized carbons (Fsp3) is 0.556. The van der Waals surface area contributed by atoms with E-state index in [0.717, 1.165) is 55.6 Å². The fourth-order valence-corrected chi connectivity index (χ4v) is 7.06. The number of nitrogens with one attached hydrogen (secondary N) is 1. The number of thiazole rings is 1. The first kappa shape index (κ1) is 34.6. The van der Waals surface area contributed by atoms with Gasteiger partial charge in [-0.25, -0.2) is 13.4 Å². The number of sulfonamides is 1. The van der Waals surface area contributed by atoms with Gasteiger partial charge in [0, 0.05) is 18.1 Å². The number of carbonyl (C=O) groups is 1. The summed E-state index contributed by atoms with van der Waals surface area (Å²) in [6, 6.07) is -0.0968. The van der Waals surface area contributed by atoms with Crippen molar-refractivity contribution in [3.05, 3.63) is 29.8 Å². The number of hydrogen-bond donors (Lipinski definition) is 2. The van der Waals surface area contributed by atoms with Gasteiger partial charge in [-0.1, -0.05) is 37.3 Å². The molecule has 2 heterocycles. The van der Waals surface area contributed by atoms with E-state index in [4.69, 9.17) is 4.52 Å². The molecule has 10 nitrogen and oxygen atoms in total. The monoisotopic (exact) mass is 684 g/mol. The van der Waals surface area contributed by atoms with E-state index in [-0.39, 0.29) is 39.5 Å². The van der Waals surface area contributed by atoms with Crippen molar-refractivity contribution in [3.8, 4) is 27.0 Å². The molecule has 1 fully saturated rings. The molecule has 0 amide bonds. The minimum atomic E-state index is -5.28. The van der Waals surface area contributed by atoms with Gasteiger partial charge in [-0.05, 0) is 45.2 Å². The highest BCUT2D eigenvalue weighted by molar-refractivity contribution is 7.89. The summed E-state index contributed by atoms with van der Waals surface area (Å²) in [5.41, 5.74) is -1.06. The zero-order valence-corrected chi connectivity index (χ0v) is 25.9. The number of hydrogen-bond acceptors (Lipinski definition) is 9. The van der Waals surface area contributed by atoms with Crippen LogP contribution in [0.3, 0.4) is 0 Å². The summed E-state index contributed by atoms with van der Waals surface area (Å²) < 4.78 is 116. The molecule has 1 aliphatic carbocycles. The highest BCUT2D eigenvalue weighted by Crippen LogP contribution is 2.43. The molecule has 45 heavy (non-hydrogen) atoms. The molecule has 0 unspecified atom stereocenters. The van der Waals surface area contributed by atoms with Gasteiger partial charge in [0.1, 0.15) is 11.8 Å². The first-order valence-corrected chi connectivity index (χ1v) is 16.1. The number of benzene rings is 1. The van der Waals surface area contributed by atoms with Gasteiger partial charge in [-0.15, -0.1) is 24.5 Å². The van der Waals surface area contributed by atoms with Crippen LogP contribution in [0.4, 0.5) is 26.3 Å². The molecule has 1 saturated carbocycles. The molecule has 1 atom stereocenters. The average Bonchev–Trinajstić information content (AvgIpc) is 3.54. The topological polar surface area (TPSA) is 145 Å². The molecule has 18 heteroatoms. The van der Waals surface area contributed by atoms with Crippen molar-refractivity contribution in [3.63, 3.8) is 0 Å². The van der Waals surface area contributed by atoms with Gasteiger partial charge in [0.05, 0.1) is 20.9 Å². The number of carboxylic acid groups (broad SMARTS) is 1. The molecule has 1 aromatic carbocycles. The Morgan fingerprint density at radius 3 is 2.40 bits per heavy atom. The zero-order valence-electron chi connectivity index (χ0n) is 24.3. The predicted octanol–water partition coefficient (Wildman–Crippen LogP) is 6.76. The van der Waals surface area contributed by atoms with Gasteiger partial charge < -0.3 is 14.4 Å². The largest absolute Gasteiger partial charge is 0.573 e. The molecule has 1 aliphatic rings. The number of carboxylic acids is 1. The summed E-state index contributed by atoms with van der Waals surface area (Å²) in [5.74, 6) is -1.93. The average molecular weight is 685 g/mol. The number of rotatable bonds is 11. The minimum Gasteiger partial charge on any atom is -0.481 e. The highest BCUT2D eigenvalue weighted by atomic mass is 32.2. The second-order valence-corrected chi connectivity index (χ2v) is 14.2. The number of aliphatic carboxylic acids is 1. The van der Waals surface area contributed by atoms with Gasteiger partial charge >= 0.3 is 18.5 Å². The summed E-state index contributed by atoms with van der Waals surface area (Å²) in [5, 5.41) is 13.4. The Hall–Kier alpha value is -3.25. The number of nitrogens with zero attached hydrogens (tertiary/aromatic N) is 3. The lowest BCUT2D eigenvalue weighted by Gasteiger charge is -2.21. The van der Waals surface area contributed by atoms with Gasteiger partial charge in [0.15, 0.2) is 5.01 Å². The normalized spacial score (nSPS) is 16.1. The van der Waals surface area contributed by atoms with Gasteiger partial charge in [0.2, 0.25) is 21.7 Å². The van der Waals surface area contributed by atoms with Gasteiger partial charge in [-0.3, -0.25) is 4.79 Å². The molecule has 2 aromatic heterocycles. The van der Waals surface area contributed by atoms with Crippen LogP contribution in [0.2, 0.25) is 0 Å². The van der Waals surface area contributed by atoms with Gasteiger partial charge in [0.25, 0.3) is 0 Å². The maximum atomic E-state index is 13.5. The van der Waals surface area contributed by atoms with Crippen LogP contribution in [0.1, 0.15) is 64.5 Å². The summed E-state index contributed by atoms with van der Waals surface area (Å²) in [7, 11) is -4.91. The highest BCUT2D eigenvalue weighted by Gasteiger charge is 2.40. The van der Waals surface area contributed by atoms with E-state index in [0.29, 0.717) is 25.1 Å². The summed E-state index contributed by atoms with van der Waals surface area (Å²) in [6.45, 7) is 3.49. The number of aromatic nitrogens is 3. The molecule has 0 bridgehead atoms. The molecule has 2 N–H and O–H groups in total. The quantitative estimate of drug-likeness (QED) is 0.209. The van der Waals surface area contributed by atoms with Crippen LogP contribution in [0, 0.1) is 11.3 Å². The lowest BCUT2D eigenvalue weighted by atomic mass is 9.85. The van der Waals surface area contributed by atoms with Crippen molar-refractivity contribution in [2.45, 2.75) is 89.2 Å². The third-order valence-corrected chi connectivity index (χ3v) is 9.96. The molecular formula is C27H30F6N4O6S2. The van der Waals surface area contributed by atoms with E-state index in [1.54, 1.807) is 0 Å². The number of alkyl halides is 6. The first-order chi connectivity index (χ1) is 20.7. The molecule has 248 valence electrons. The second kappa shape index (κ2) is 12.9. The van der Waals surface area contributed by atoms with E-state index < -0.39 is 50.6 Å². The Morgan fingerprint density at radius 2 is 1.80 bits per heavy atom. The second-order valence-electron chi connectivity index (χ2n) is 11.5.